The predicted molar refractivity (Wildman–Crippen MR) is 93.2 cm³/mol. The highest BCUT2D eigenvalue weighted by Gasteiger charge is 2.15. The summed E-state index contributed by atoms with van der Waals surface area (Å²) >= 11 is 0. The van der Waals surface area contributed by atoms with Gasteiger partial charge < -0.3 is 11.1 Å². The van der Waals surface area contributed by atoms with Gasteiger partial charge in [0.1, 0.15) is 5.82 Å². The summed E-state index contributed by atoms with van der Waals surface area (Å²) < 4.78 is 0. The lowest BCUT2D eigenvalue weighted by molar-refractivity contribution is 0.543. The molecule has 1 aromatic rings. The summed E-state index contributed by atoms with van der Waals surface area (Å²) in [6.07, 6.45) is 9.90. The Morgan fingerprint density at radius 2 is 2.09 bits per heavy atom. The second-order valence-corrected chi connectivity index (χ2v) is 6.11. The van der Waals surface area contributed by atoms with Crippen LogP contribution in [0.1, 0.15) is 39.3 Å². The summed E-state index contributed by atoms with van der Waals surface area (Å²) in [5.41, 5.74) is 9.26. The standard InChI is InChI=1S/C18H24N4/c1-5-18(3,4)20-17-12-11-16(21-22-17)15-8-6-7-14(9-10-15)13(2)19/h6,8-12H,2,5,7,19H2,1,3-4H3,(H,20,22). The highest BCUT2D eigenvalue weighted by atomic mass is 15.2. The molecule has 0 fully saturated rings. The van der Waals surface area contributed by atoms with Crippen LogP contribution in [0.4, 0.5) is 5.82 Å². The Labute approximate surface area is 132 Å². The van der Waals surface area contributed by atoms with Crippen molar-refractivity contribution in [2.45, 2.75) is 39.2 Å². The minimum Gasteiger partial charge on any atom is -0.399 e. The largest absolute Gasteiger partial charge is 0.399 e. The van der Waals surface area contributed by atoms with E-state index in [9.17, 15) is 0 Å². The Kier molecular flexibility index (Phi) is 4.81. The van der Waals surface area contributed by atoms with Gasteiger partial charge in [0.05, 0.1) is 5.69 Å². The van der Waals surface area contributed by atoms with E-state index in [-0.39, 0.29) is 5.54 Å². The fourth-order valence-electron chi connectivity index (χ4n) is 2.02. The molecule has 22 heavy (non-hydrogen) atoms. The van der Waals surface area contributed by atoms with Gasteiger partial charge in [-0.05, 0) is 44.4 Å². The van der Waals surface area contributed by atoms with E-state index in [4.69, 9.17) is 5.73 Å². The maximum Gasteiger partial charge on any atom is 0.149 e. The Hall–Kier alpha value is -2.36. The van der Waals surface area contributed by atoms with Crippen LogP contribution >= 0.6 is 0 Å². The topological polar surface area (TPSA) is 63.8 Å². The minimum absolute atomic E-state index is 0.0107. The lowest BCUT2D eigenvalue weighted by atomic mass is 10.0. The van der Waals surface area contributed by atoms with Gasteiger partial charge in [0.15, 0.2) is 0 Å². The number of nitrogens with one attached hydrogen (secondary N) is 1. The van der Waals surface area contributed by atoms with Crippen LogP contribution in [0.15, 0.2) is 54.3 Å². The Morgan fingerprint density at radius 1 is 1.32 bits per heavy atom. The molecule has 0 amide bonds. The van der Waals surface area contributed by atoms with Crippen LogP contribution in [0.5, 0.6) is 0 Å². The highest BCUT2D eigenvalue weighted by Crippen LogP contribution is 2.22. The van der Waals surface area contributed by atoms with Gasteiger partial charge >= 0.3 is 0 Å². The minimum atomic E-state index is 0.0107. The van der Waals surface area contributed by atoms with Crippen molar-refractivity contribution in [3.8, 4) is 0 Å². The van der Waals surface area contributed by atoms with E-state index in [2.05, 4.69) is 48.9 Å². The maximum atomic E-state index is 5.75. The van der Waals surface area contributed by atoms with Crippen LogP contribution in [-0.4, -0.2) is 15.7 Å². The Bertz CT molecular complexity index is 634. The third kappa shape index (κ3) is 4.07. The molecular formula is C18H24N4. The fourth-order valence-corrected chi connectivity index (χ4v) is 2.02. The molecule has 0 saturated heterocycles. The second kappa shape index (κ2) is 6.60. The van der Waals surface area contributed by atoms with Crippen molar-refractivity contribution in [2.75, 3.05) is 5.32 Å². The molecule has 0 bridgehead atoms. The third-order valence-electron chi connectivity index (χ3n) is 3.82. The third-order valence-corrected chi connectivity index (χ3v) is 3.82. The van der Waals surface area contributed by atoms with E-state index >= 15 is 0 Å². The van der Waals surface area contributed by atoms with E-state index in [0.717, 1.165) is 35.5 Å². The number of nitrogens with zero attached hydrogens (tertiary/aromatic N) is 2. The van der Waals surface area contributed by atoms with Gasteiger partial charge in [0.25, 0.3) is 0 Å². The van der Waals surface area contributed by atoms with Gasteiger partial charge in [-0.1, -0.05) is 37.8 Å². The zero-order chi connectivity index (χ0) is 16.2. The summed E-state index contributed by atoms with van der Waals surface area (Å²) in [7, 11) is 0. The monoisotopic (exact) mass is 296 g/mol. The van der Waals surface area contributed by atoms with Crippen LogP contribution in [0, 0.1) is 0 Å². The molecule has 1 aromatic heterocycles. The number of allylic oxidation sites excluding steroid dienone is 6. The fraction of sp³-hybridized carbons (Fsp3) is 0.333. The van der Waals surface area contributed by atoms with Gasteiger partial charge in [0, 0.05) is 16.8 Å². The zero-order valence-corrected chi connectivity index (χ0v) is 13.6. The predicted octanol–water partition coefficient (Wildman–Crippen LogP) is 3.82. The molecular weight excluding hydrogens is 272 g/mol. The number of hydrogen-bond acceptors (Lipinski definition) is 4. The molecule has 4 heteroatoms. The van der Waals surface area contributed by atoms with E-state index in [0.29, 0.717) is 5.70 Å². The van der Waals surface area contributed by atoms with Gasteiger partial charge in [0.2, 0.25) is 0 Å². The smallest absolute Gasteiger partial charge is 0.149 e. The number of hydrogen-bond donors (Lipinski definition) is 2. The molecule has 3 N–H and O–H groups in total. The van der Waals surface area contributed by atoms with Crippen molar-refractivity contribution in [3.63, 3.8) is 0 Å². The molecule has 2 rings (SSSR count). The van der Waals surface area contributed by atoms with Crippen LogP contribution in [0.2, 0.25) is 0 Å². The number of nitrogens with two attached hydrogens (primary N) is 1. The average Bonchev–Trinajstić information content (AvgIpc) is 2.74. The summed E-state index contributed by atoms with van der Waals surface area (Å²) in [5, 5.41) is 12.0. The first-order valence-electron chi connectivity index (χ1n) is 7.56. The quantitative estimate of drug-likeness (QED) is 0.867. The second-order valence-electron chi connectivity index (χ2n) is 6.11. The first-order valence-corrected chi connectivity index (χ1v) is 7.56. The molecule has 0 spiro atoms. The molecule has 0 saturated carbocycles. The number of aromatic nitrogens is 2. The Morgan fingerprint density at radius 3 is 2.68 bits per heavy atom. The van der Waals surface area contributed by atoms with Crippen LogP contribution in [0.3, 0.4) is 0 Å². The SMILES string of the molecule is C=C(N)C1=CC=C(c2ccc(NC(C)(C)CC)nn2)C=CC1. The van der Waals surface area contributed by atoms with E-state index in [1.165, 1.54) is 0 Å². The highest BCUT2D eigenvalue weighted by molar-refractivity contribution is 5.74. The van der Waals surface area contributed by atoms with Gasteiger partial charge in [-0.15, -0.1) is 10.2 Å². The normalized spacial score (nSPS) is 14.9. The molecule has 0 unspecified atom stereocenters. The first kappa shape index (κ1) is 16.0. The van der Waals surface area contributed by atoms with E-state index in [1.807, 2.05) is 30.4 Å². The van der Waals surface area contributed by atoms with Crippen molar-refractivity contribution < 1.29 is 0 Å². The summed E-state index contributed by atoms with van der Waals surface area (Å²) in [4.78, 5) is 0. The van der Waals surface area contributed by atoms with Crippen molar-refractivity contribution in [3.05, 3.63) is 60.0 Å². The zero-order valence-electron chi connectivity index (χ0n) is 13.6. The number of rotatable bonds is 5. The molecule has 1 aliphatic carbocycles. The number of anilines is 1. The lowest BCUT2D eigenvalue weighted by Gasteiger charge is -2.24. The first-order chi connectivity index (χ1) is 10.4. The van der Waals surface area contributed by atoms with Crippen molar-refractivity contribution in [1.29, 1.82) is 0 Å². The van der Waals surface area contributed by atoms with Crippen molar-refractivity contribution in [2.24, 2.45) is 5.73 Å². The van der Waals surface area contributed by atoms with Crippen LogP contribution in [-0.2, 0) is 0 Å². The van der Waals surface area contributed by atoms with Crippen molar-refractivity contribution in [1.82, 2.24) is 10.2 Å². The average molecular weight is 296 g/mol. The molecule has 1 heterocycles. The van der Waals surface area contributed by atoms with Gasteiger partial charge in [-0.3, -0.25) is 0 Å². The van der Waals surface area contributed by atoms with Crippen LogP contribution in [0.25, 0.3) is 5.57 Å². The van der Waals surface area contributed by atoms with Gasteiger partial charge in [-0.2, -0.15) is 0 Å². The molecule has 4 nitrogen and oxygen atoms in total. The Balaban J connectivity index is 2.19. The summed E-state index contributed by atoms with van der Waals surface area (Å²) in [6, 6.07) is 3.94. The maximum absolute atomic E-state index is 5.75. The summed E-state index contributed by atoms with van der Waals surface area (Å²) in [5.74, 6) is 0.792. The molecule has 0 atom stereocenters. The lowest BCUT2D eigenvalue weighted by Crippen LogP contribution is -2.30. The molecule has 0 aliphatic heterocycles. The van der Waals surface area contributed by atoms with Crippen LogP contribution < -0.4 is 11.1 Å². The van der Waals surface area contributed by atoms with Gasteiger partial charge in [-0.25, -0.2) is 0 Å². The van der Waals surface area contributed by atoms with E-state index < -0.39 is 0 Å². The van der Waals surface area contributed by atoms with E-state index in [1.54, 1.807) is 0 Å². The molecule has 0 radical (unpaired) electrons. The summed E-state index contributed by atoms with van der Waals surface area (Å²) in [6.45, 7) is 10.2. The van der Waals surface area contributed by atoms with Crippen molar-refractivity contribution >= 4 is 11.4 Å². The molecule has 1 aliphatic rings. The molecule has 116 valence electrons. The molecule has 0 aromatic carbocycles.